The van der Waals surface area contributed by atoms with Crippen LogP contribution in [0.2, 0.25) is 0 Å². The number of aliphatic hydroxyl groups excluding tert-OH is 1. The number of rotatable bonds is 8. The minimum absolute atomic E-state index is 0.0502. The molecule has 0 atom stereocenters. The zero-order chi connectivity index (χ0) is 48.7. The van der Waals surface area contributed by atoms with Crippen LogP contribution in [0.4, 0.5) is 29.1 Å². The fourth-order valence-corrected chi connectivity index (χ4v) is 3.75. The summed E-state index contributed by atoms with van der Waals surface area (Å²) in [7, 11) is 12.2. The minimum Gasteiger partial charge on any atom is -0.464 e. The summed E-state index contributed by atoms with van der Waals surface area (Å²) in [6.45, 7) is 1.93. The number of nitrogen functional groups attached to an aromatic ring is 2. The number of hydrogen-bond donors (Lipinski definition) is 4. The molecule has 344 valence electrons. The predicted molar refractivity (Wildman–Crippen MR) is 210 cm³/mol. The van der Waals surface area contributed by atoms with E-state index in [-0.39, 0.29) is 46.8 Å². The molecule has 0 fully saturated rings. The van der Waals surface area contributed by atoms with Crippen LogP contribution in [0.5, 0.6) is 0 Å². The molecular weight excluding hydrogens is 854 g/mol. The molecule has 5 aromatic heterocycles. The lowest BCUT2D eigenvalue weighted by atomic mass is 10.4. The summed E-state index contributed by atoms with van der Waals surface area (Å²) in [5.41, 5.74) is 11.2. The number of nitrogens with one attached hydrogen (secondary N) is 1. The van der Waals surface area contributed by atoms with E-state index in [1.807, 2.05) is 0 Å². The van der Waals surface area contributed by atoms with Gasteiger partial charge in [-0.25, -0.2) is 24.0 Å². The average Bonchev–Trinajstić information content (AvgIpc) is 4.10. The highest BCUT2D eigenvalue weighted by Gasteiger charge is 2.22. The number of aromatic amines is 1. The van der Waals surface area contributed by atoms with Gasteiger partial charge in [0.15, 0.2) is 22.8 Å². The third-order valence-electron chi connectivity index (χ3n) is 6.64. The summed E-state index contributed by atoms with van der Waals surface area (Å²) in [5.74, 6) is -3.17. The van der Waals surface area contributed by atoms with Crippen molar-refractivity contribution in [1.82, 2.24) is 49.3 Å². The zero-order valence-corrected chi connectivity index (χ0v) is 35.1. The van der Waals surface area contributed by atoms with Gasteiger partial charge in [0.1, 0.15) is 24.4 Å². The first kappa shape index (κ1) is 54.2. The van der Waals surface area contributed by atoms with Gasteiger partial charge in [-0.3, -0.25) is 9.36 Å². The van der Waals surface area contributed by atoms with Crippen LogP contribution in [0.3, 0.4) is 0 Å². The van der Waals surface area contributed by atoms with Gasteiger partial charge in [0.05, 0.1) is 65.9 Å². The largest absolute Gasteiger partial charge is 0.464 e. The number of ether oxygens (including phenoxy) is 5. The molecule has 0 aromatic carbocycles. The van der Waals surface area contributed by atoms with Crippen molar-refractivity contribution < 1.29 is 67.5 Å². The van der Waals surface area contributed by atoms with E-state index >= 15 is 0 Å². The molecule has 0 unspecified atom stereocenters. The van der Waals surface area contributed by atoms with Gasteiger partial charge in [-0.05, 0) is 21.7 Å². The average molecular weight is 898 g/mol. The SMILES string of the molecule is CCO.COC(=O)c1cc(N)n(C)n1.COC(=O)c1cc(N)nn1C.COC(=O)c1cc([N+](=O)[O-])[nH]n1.COC(=O)c1cc([N+](=O)[O-])n(C)n1.COC(=O)c1cc([N+](=O)[O-])nn1C. The third-order valence-corrected chi connectivity index (χ3v) is 6.64. The Labute approximate surface area is 353 Å². The molecule has 32 heteroatoms. The molecule has 0 aliphatic carbocycles. The van der Waals surface area contributed by atoms with Crippen molar-refractivity contribution in [3.05, 3.63) is 89.1 Å². The molecule has 5 heterocycles. The summed E-state index contributed by atoms with van der Waals surface area (Å²) in [5, 5.41) is 58.4. The lowest BCUT2D eigenvalue weighted by Crippen LogP contribution is -2.07. The van der Waals surface area contributed by atoms with Gasteiger partial charge in [0.25, 0.3) is 0 Å². The van der Waals surface area contributed by atoms with Crippen LogP contribution in [0.25, 0.3) is 0 Å². The number of nitrogens with two attached hydrogens (primary N) is 2. The summed E-state index contributed by atoms with van der Waals surface area (Å²) in [4.78, 5) is 83.0. The number of hydrogen-bond acceptors (Lipinski definition) is 24. The van der Waals surface area contributed by atoms with Crippen LogP contribution >= 0.6 is 0 Å². The number of aromatic nitrogens is 10. The van der Waals surface area contributed by atoms with E-state index in [1.165, 1.54) is 71.1 Å². The quantitative estimate of drug-likeness (QED) is 0.0684. The van der Waals surface area contributed by atoms with E-state index in [0.717, 1.165) is 27.6 Å². The molecule has 0 bridgehead atoms. The van der Waals surface area contributed by atoms with Crippen LogP contribution in [0.1, 0.15) is 59.4 Å². The second kappa shape index (κ2) is 26.3. The molecular formula is C31H43N15O17. The fraction of sp³-hybridized carbons (Fsp3) is 0.355. The first-order chi connectivity index (χ1) is 29.5. The molecule has 5 rings (SSSR count). The first-order valence-corrected chi connectivity index (χ1v) is 16.7. The highest BCUT2D eigenvalue weighted by molar-refractivity contribution is 5.89. The van der Waals surface area contributed by atoms with Crippen molar-refractivity contribution in [2.45, 2.75) is 6.92 Å². The van der Waals surface area contributed by atoms with Crippen molar-refractivity contribution in [3.8, 4) is 0 Å². The Morgan fingerprint density at radius 2 is 1.03 bits per heavy atom. The standard InChI is InChI=1S/2C6H7N3O4.2C6H9N3O2.C5H5N3O4.C2H6O/c1-8-4(6(10)13-2)3-5(7-8)9(11)12;1-8-5(9(11)12)3-4(7-8)6(10)13-2;1-9-4(6(10)11-2)3-5(7)8-9;1-9-5(7)3-4(8-9)6(10)11-2;1-12-5(9)3-2-4(7-6-3)8(10)11;1-2-3/h2*3H,1-2H3;3H,1-2H3,(H2,7,8);3H,7H2,1-2H3;2H,1H3,(H,6,7);3H,2H2,1H3. The van der Waals surface area contributed by atoms with Crippen LogP contribution < -0.4 is 11.5 Å². The summed E-state index contributed by atoms with van der Waals surface area (Å²) >= 11 is 0. The fourth-order valence-electron chi connectivity index (χ4n) is 3.75. The molecule has 0 saturated carbocycles. The van der Waals surface area contributed by atoms with E-state index in [9.17, 15) is 54.3 Å². The van der Waals surface area contributed by atoms with Gasteiger partial charge in [0, 0.05) is 32.8 Å². The van der Waals surface area contributed by atoms with Gasteiger partial charge >= 0.3 is 47.3 Å². The predicted octanol–water partition coefficient (Wildman–Crippen LogP) is -0.0893. The van der Waals surface area contributed by atoms with E-state index in [0.29, 0.717) is 17.3 Å². The molecule has 0 amide bonds. The normalized spacial score (nSPS) is 9.44. The number of aliphatic hydroxyl groups is 1. The highest BCUT2D eigenvalue weighted by Crippen LogP contribution is 2.13. The van der Waals surface area contributed by atoms with Gasteiger partial charge in [-0.1, -0.05) is 10.2 Å². The first-order valence-electron chi connectivity index (χ1n) is 16.7. The Morgan fingerprint density at radius 1 is 0.603 bits per heavy atom. The number of nitro groups is 3. The number of esters is 5. The topological polar surface area (TPSA) is 433 Å². The number of carbonyl (C=O) groups excluding carboxylic acids is 5. The van der Waals surface area contributed by atoms with Crippen molar-refractivity contribution >= 4 is 58.9 Å². The van der Waals surface area contributed by atoms with E-state index in [2.05, 4.69) is 54.3 Å². The van der Waals surface area contributed by atoms with Crippen molar-refractivity contribution in [3.63, 3.8) is 0 Å². The summed E-state index contributed by atoms with van der Waals surface area (Å²) in [6, 6.07) is 6.06. The highest BCUT2D eigenvalue weighted by atomic mass is 16.6. The molecule has 63 heavy (non-hydrogen) atoms. The lowest BCUT2D eigenvalue weighted by Gasteiger charge is -1.96. The van der Waals surface area contributed by atoms with Gasteiger partial charge in [-0.15, -0.1) is 9.78 Å². The van der Waals surface area contributed by atoms with Crippen LogP contribution in [0.15, 0.2) is 30.3 Å². The number of carbonyl (C=O) groups is 5. The van der Waals surface area contributed by atoms with Gasteiger partial charge in [-0.2, -0.15) is 14.9 Å². The maximum Gasteiger partial charge on any atom is 0.390 e. The monoisotopic (exact) mass is 897 g/mol. The second-order valence-electron chi connectivity index (χ2n) is 10.9. The Morgan fingerprint density at radius 3 is 1.37 bits per heavy atom. The van der Waals surface area contributed by atoms with Crippen LogP contribution in [-0.2, 0) is 51.9 Å². The molecule has 6 N–H and O–H groups in total. The Balaban J connectivity index is 0.000000751. The minimum atomic E-state index is -0.709. The summed E-state index contributed by atoms with van der Waals surface area (Å²) in [6.07, 6.45) is 0. The number of anilines is 2. The molecule has 0 spiro atoms. The number of nitrogens with zero attached hydrogens (tertiary/aromatic N) is 12. The van der Waals surface area contributed by atoms with Crippen molar-refractivity contribution in [2.24, 2.45) is 28.2 Å². The Hall–Kier alpha value is -8.84. The number of H-pyrrole nitrogens is 1. The molecule has 0 saturated heterocycles. The van der Waals surface area contributed by atoms with Gasteiger partial charge in [0.2, 0.25) is 0 Å². The molecule has 5 aromatic rings. The third kappa shape index (κ3) is 17.1. The molecule has 0 aliphatic heterocycles. The van der Waals surface area contributed by atoms with Crippen LogP contribution in [0, 0.1) is 30.3 Å². The maximum atomic E-state index is 11.0. The second-order valence-corrected chi connectivity index (χ2v) is 10.9. The molecule has 32 nitrogen and oxygen atoms in total. The zero-order valence-electron chi connectivity index (χ0n) is 35.1. The Bertz CT molecular complexity index is 2340. The van der Waals surface area contributed by atoms with Gasteiger partial charge < -0.3 is 70.6 Å². The maximum absolute atomic E-state index is 11.0. The lowest BCUT2D eigenvalue weighted by molar-refractivity contribution is -0.392. The van der Waals surface area contributed by atoms with E-state index in [1.54, 1.807) is 21.0 Å². The summed E-state index contributed by atoms with van der Waals surface area (Å²) < 4.78 is 26.8. The molecule has 0 radical (unpaired) electrons. The number of aryl methyl sites for hydroxylation is 4. The number of methoxy groups -OCH3 is 5. The smallest absolute Gasteiger partial charge is 0.390 e. The Kier molecular flexibility index (Phi) is 22.6. The van der Waals surface area contributed by atoms with Crippen LogP contribution in [-0.4, -0.2) is 141 Å². The van der Waals surface area contributed by atoms with E-state index in [4.69, 9.17) is 16.6 Å². The molecule has 0 aliphatic rings. The van der Waals surface area contributed by atoms with Crippen molar-refractivity contribution in [2.75, 3.05) is 53.6 Å². The van der Waals surface area contributed by atoms with E-state index < -0.39 is 44.6 Å². The van der Waals surface area contributed by atoms with Crippen molar-refractivity contribution in [1.29, 1.82) is 0 Å².